The first kappa shape index (κ1) is 19.4. The highest BCUT2D eigenvalue weighted by Crippen LogP contribution is 2.57. The molecule has 3 atom stereocenters. The van der Waals surface area contributed by atoms with Crippen LogP contribution in [0, 0.1) is 5.92 Å². The number of carbonyl (C=O) groups is 2. The van der Waals surface area contributed by atoms with E-state index in [9.17, 15) is 14.7 Å². The molecule has 6 nitrogen and oxygen atoms in total. The third kappa shape index (κ3) is 2.32. The molecule has 2 aromatic carbocycles. The minimum absolute atomic E-state index is 0.284. The van der Waals surface area contributed by atoms with E-state index in [0.29, 0.717) is 31.1 Å². The van der Waals surface area contributed by atoms with Crippen LogP contribution in [0.3, 0.4) is 0 Å². The van der Waals surface area contributed by atoms with E-state index in [1.807, 2.05) is 36.4 Å². The van der Waals surface area contributed by atoms with Gasteiger partial charge in [-0.2, -0.15) is 0 Å². The summed E-state index contributed by atoms with van der Waals surface area (Å²) < 4.78 is 5.49. The molecule has 1 aliphatic heterocycles. The molecular weight excluding hydrogens is 416 g/mol. The standard InChI is InChI=1S/C27H26N2O4/c1-33-17-9-8-16-10-23-27(32)12-19-18-4-2-3-5-21(18)28-22(19)13-26(27,20(16)11-17)24(30)25(31)29(23)14-15-6-7-15/h2-5,8-9,11,15,23,28,32H,6-7,10,12-14H2,1H3/t23-,26-,27-/m1/s1. The van der Waals surface area contributed by atoms with Gasteiger partial charge in [0.25, 0.3) is 5.91 Å². The Bertz CT molecular complexity index is 1360. The monoisotopic (exact) mass is 442 g/mol. The Hall–Kier alpha value is -3.12. The number of aromatic amines is 1. The number of hydrogen-bond acceptors (Lipinski definition) is 4. The molecule has 168 valence electrons. The number of ketones is 1. The maximum atomic E-state index is 14.1. The van der Waals surface area contributed by atoms with E-state index in [4.69, 9.17) is 4.74 Å². The van der Waals surface area contributed by atoms with E-state index < -0.39 is 28.7 Å². The maximum Gasteiger partial charge on any atom is 0.291 e. The summed E-state index contributed by atoms with van der Waals surface area (Å²) in [6.45, 7) is 0.555. The van der Waals surface area contributed by atoms with Gasteiger partial charge in [-0.3, -0.25) is 9.59 Å². The lowest BCUT2D eigenvalue weighted by molar-refractivity contribution is -0.183. The zero-order valence-corrected chi connectivity index (χ0v) is 18.6. The van der Waals surface area contributed by atoms with Crippen molar-refractivity contribution in [3.63, 3.8) is 0 Å². The number of rotatable bonds is 3. The van der Waals surface area contributed by atoms with Crippen LogP contribution in [-0.4, -0.2) is 52.0 Å². The van der Waals surface area contributed by atoms with Crippen molar-refractivity contribution >= 4 is 22.6 Å². The summed E-state index contributed by atoms with van der Waals surface area (Å²) in [5, 5.41) is 13.7. The van der Waals surface area contributed by atoms with Gasteiger partial charge in [0.1, 0.15) is 16.8 Å². The van der Waals surface area contributed by atoms with Crippen molar-refractivity contribution in [3.05, 3.63) is 64.8 Å². The Morgan fingerprint density at radius 2 is 1.97 bits per heavy atom. The molecule has 1 saturated carbocycles. The minimum atomic E-state index is -1.37. The van der Waals surface area contributed by atoms with Crippen molar-refractivity contribution in [2.24, 2.45) is 5.92 Å². The smallest absolute Gasteiger partial charge is 0.291 e. The number of likely N-dealkylation sites (tertiary alicyclic amines) is 1. The predicted molar refractivity (Wildman–Crippen MR) is 122 cm³/mol. The summed E-state index contributed by atoms with van der Waals surface area (Å²) in [7, 11) is 1.60. The second-order valence-electron chi connectivity index (χ2n) is 10.3. The summed E-state index contributed by atoms with van der Waals surface area (Å²) in [6.07, 6.45) is 3.32. The van der Waals surface area contributed by atoms with Gasteiger partial charge in [-0.15, -0.1) is 0 Å². The van der Waals surface area contributed by atoms with Crippen molar-refractivity contribution in [2.75, 3.05) is 13.7 Å². The molecule has 2 heterocycles. The molecule has 6 heteroatoms. The molecule has 2 bridgehead atoms. The van der Waals surface area contributed by atoms with Gasteiger partial charge in [0.2, 0.25) is 5.78 Å². The molecule has 0 unspecified atom stereocenters. The Labute approximate surface area is 191 Å². The topological polar surface area (TPSA) is 82.6 Å². The lowest BCUT2D eigenvalue weighted by atomic mass is 9.48. The van der Waals surface area contributed by atoms with Crippen LogP contribution in [0.5, 0.6) is 5.75 Å². The third-order valence-electron chi connectivity index (χ3n) is 8.64. The van der Waals surface area contributed by atoms with Crippen LogP contribution in [0.2, 0.25) is 0 Å². The number of aliphatic hydroxyl groups is 1. The van der Waals surface area contributed by atoms with E-state index in [-0.39, 0.29) is 6.42 Å². The van der Waals surface area contributed by atoms with Gasteiger partial charge in [-0.25, -0.2) is 0 Å². The van der Waals surface area contributed by atoms with Crippen LogP contribution in [0.1, 0.15) is 35.2 Å². The average molecular weight is 443 g/mol. The highest BCUT2D eigenvalue weighted by molar-refractivity contribution is 6.41. The van der Waals surface area contributed by atoms with Crippen molar-refractivity contribution in [1.29, 1.82) is 0 Å². The molecule has 4 aliphatic rings. The lowest BCUT2D eigenvalue weighted by Gasteiger charge is -2.61. The van der Waals surface area contributed by atoms with E-state index >= 15 is 0 Å². The summed E-state index contributed by atoms with van der Waals surface area (Å²) in [5.74, 6) is 0.138. The van der Waals surface area contributed by atoms with Gasteiger partial charge < -0.3 is 19.7 Å². The van der Waals surface area contributed by atoms with Crippen LogP contribution in [0.4, 0.5) is 0 Å². The fraction of sp³-hybridized carbons (Fsp3) is 0.407. The second-order valence-corrected chi connectivity index (χ2v) is 10.3. The van der Waals surface area contributed by atoms with Gasteiger partial charge in [0.15, 0.2) is 0 Å². The fourth-order valence-electron chi connectivity index (χ4n) is 6.82. The minimum Gasteiger partial charge on any atom is -0.497 e. The Morgan fingerprint density at radius 1 is 1.15 bits per heavy atom. The summed E-state index contributed by atoms with van der Waals surface area (Å²) >= 11 is 0. The first-order chi connectivity index (χ1) is 16.0. The molecule has 7 rings (SSSR count). The lowest BCUT2D eigenvalue weighted by Crippen LogP contribution is -2.79. The molecule has 0 spiro atoms. The van der Waals surface area contributed by atoms with Gasteiger partial charge in [-0.05, 0) is 60.1 Å². The molecule has 0 radical (unpaired) electrons. The SMILES string of the molecule is COc1ccc2c(c1)[C@@]13Cc4[nH]c5ccccc5c4C[C@@]1(O)[C@@H](C2)N(CC1CC1)C(=O)C3=O. The second kappa shape index (κ2) is 6.26. The number of amides is 1. The van der Waals surface area contributed by atoms with E-state index in [1.54, 1.807) is 12.0 Å². The van der Waals surface area contributed by atoms with Crippen LogP contribution >= 0.6 is 0 Å². The molecule has 2 N–H and O–H groups in total. The number of piperidine rings is 1. The van der Waals surface area contributed by atoms with Crippen LogP contribution < -0.4 is 4.74 Å². The zero-order chi connectivity index (χ0) is 22.5. The molecule has 3 aromatic rings. The van der Waals surface area contributed by atoms with Crippen LogP contribution in [-0.2, 0) is 34.3 Å². The highest BCUT2D eigenvalue weighted by atomic mass is 16.5. The average Bonchev–Trinajstić information content (AvgIpc) is 3.58. The Morgan fingerprint density at radius 3 is 2.76 bits per heavy atom. The normalized spacial score (nSPS) is 30.1. The number of nitrogens with zero attached hydrogens (tertiary/aromatic N) is 1. The molecule has 33 heavy (non-hydrogen) atoms. The number of ether oxygens (including phenoxy) is 1. The van der Waals surface area contributed by atoms with Crippen LogP contribution in [0.15, 0.2) is 42.5 Å². The first-order valence-electron chi connectivity index (χ1n) is 11.8. The molecule has 1 saturated heterocycles. The molecule has 3 aliphatic carbocycles. The number of carbonyl (C=O) groups excluding carboxylic acids is 2. The number of para-hydroxylation sites is 1. The number of nitrogens with one attached hydrogen (secondary N) is 1. The highest BCUT2D eigenvalue weighted by Gasteiger charge is 2.71. The third-order valence-corrected chi connectivity index (χ3v) is 8.64. The number of Topliss-reactive ketones (excluding diaryl/α,β-unsaturated/α-hetero) is 1. The van der Waals surface area contributed by atoms with Gasteiger partial charge in [0.05, 0.1) is 13.2 Å². The molecule has 1 amide bonds. The zero-order valence-electron chi connectivity index (χ0n) is 18.6. The summed E-state index contributed by atoms with van der Waals surface area (Å²) in [4.78, 5) is 32.9. The van der Waals surface area contributed by atoms with Crippen molar-refractivity contribution in [3.8, 4) is 5.75 Å². The fourth-order valence-corrected chi connectivity index (χ4v) is 6.82. The van der Waals surface area contributed by atoms with Gasteiger partial charge in [0, 0.05) is 36.0 Å². The van der Waals surface area contributed by atoms with Crippen molar-refractivity contribution in [2.45, 2.75) is 49.2 Å². The van der Waals surface area contributed by atoms with E-state index in [1.165, 1.54) is 0 Å². The summed E-state index contributed by atoms with van der Waals surface area (Å²) in [5.41, 5.74) is 2.08. The number of methoxy groups -OCH3 is 1. The largest absolute Gasteiger partial charge is 0.497 e. The Balaban J connectivity index is 1.51. The maximum absolute atomic E-state index is 14.1. The van der Waals surface area contributed by atoms with Crippen molar-refractivity contribution < 1.29 is 19.4 Å². The molecule has 1 aromatic heterocycles. The number of aromatic nitrogens is 1. The van der Waals surface area contributed by atoms with E-state index in [0.717, 1.165) is 46.1 Å². The van der Waals surface area contributed by atoms with Crippen molar-refractivity contribution in [1.82, 2.24) is 9.88 Å². The number of hydrogen-bond donors (Lipinski definition) is 2. The summed E-state index contributed by atoms with van der Waals surface area (Å²) in [6, 6.07) is 13.4. The number of fused-ring (bicyclic) bond motifs is 4. The first-order valence-corrected chi connectivity index (χ1v) is 11.8. The quantitative estimate of drug-likeness (QED) is 0.611. The van der Waals surface area contributed by atoms with E-state index in [2.05, 4.69) is 11.1 Å². The molecule has 2 fully saturated rings. The number of H-pyrrole nitrogens is 1. The molecular formula is C27H26N2O4. The predicted octanol–water partition coefficient (Wildman–Crippen LogP) is 2.69. The number of benzene rings is 2. The van der Waals surface area contributed by atoms with Gasteiger partial charge in [-0.1, -0.05) is 24.3 Å². The van der Waals surface area contributed by atoms with Gasteiger partial charge >= 0.3 is 0 Å². The Kier molecular flexibility index (Phi) is 3.67. The van der Waals surface area contributed by atoms with Crippen LogP contribution in [0.25, 0.3) is 10.9 Å².